The van der Waals surface area contributed by atoms with E-state index >= 15 is 0 Å². The van der Waals surface area contributed by atoms with Crippen molar-refractivity contribution in [3.8, 4) is 0 Å². The van der Waals surface area contributed by atoms with Gasteiger partial charge in [0.05, 0.1) is 5.56 Å². The third-order valence-corrected chi connectivity index (χ3v) is 3.24. The first-order chi connectivity index (χ1) is 8.54. The molecule has 0 saturated heterocycles. The topological polar surface area (TPSA) is 42.2 Å². The molecule has 2 rings (SSSR count). The summed E-state index contributed by atoms with van der Waals surface area (Å²) in [6.45, 7) is 6.42. The van der Waals surface area contributed by atoms with Crippen molar-refractivity contribution in [3.05, 3.63) is 35.5 Å². The summed E-state index contributed by atoms with van der Waals surface area (Å²) in [5.74, 6) is -0.864. The largest absolute Gasteiger partial charge is 0.478 e. The van der Waals surface area contributed by atoms with Crippen LogP contribution in [-0.2, 0) is 6.42 Å². The minimum atomic E-state index is -0.864. The van der Waals surface area contributed by atoms with Crippen LogP contribution in [0.15, 0.2) is 24.4 Å². The van der Waals surface area contributed by atoms with Crippen LogP contribution in [0.25, 0.3) is 10.9 Å². The van der Waals surface area contributed by atoms with Crippen molar-refractivity contribution in [2.24, 2.45) is 0 Å². The Morgan fingerprint density at radius 1 is 1.39 bits per heavy atom. The van der Waals surface area contributed by atoms with Crippen LogP contribution in [0.2, 0.25) is 0 Å². The number of aromatic carboxylic acids is 1. The second-order valence-corrected chi connectivity index (χ2v) is 4.94. The number of hydrogen-bond acceptors (Lipinski definition) is 1. The van der Waals surface area contributed by atoms with Gasteiger partial charge in [-0.2, -0.15) is 0 Å². The van der Waals surface area contributed by atoms with E-state index in [-0.39, 0.29) is 0 Å². The Morgan fingerprint density at radius 3 is 2.67 bits per heavy atom. The number of aryl methyl sites for hydroxylation is 1. The Morgan fingerprint density at radius 2 is 2.11 bits per heavy atom. The van der Waals surface area contributed by atoms with E-state index in [2.05, 4.69) is 31.5 Å². The summed E-state index contributed by atoms with van der Waals surface area (Å²) >= 11 is 0. The monoisotopic (exact) mass is 245 g/mol. The van der Waals surface area contributed by atoms with Crippen LogP contribution in [0.3, 0.4) is 0 Å². The third kappa shape index (κ3) is 2.13. The third-order valence-electron chi connectivity index (χ3n) is 3.24. The van der Waals surface area contributed by atoms with E-state index in [1.54, 1.807) is 12.1 Å². The lowest BCUT2D eigenvalue weighted by Gasteiger charge is -2.08. The van der Waals surface area contributed by atoms with Crippen LogP contribution in [0, 0.1) is 0 Å². The molecule has 0 saturated carbocycles. The molecule has 1 aromatic heterocycles. The standard InChI is InChI=1S/C15H19NO2/c1-4-5-12-9-16(10(2)3)14-7-6-11(15(17)18)8-13(12)14/h6-10H,4-5H2,1-3H3,(H,17,18). The molecule has 1 N–H and O–H groups in total. The molecule has 0 spiro atoms. The van der Waals surface area contributed by atoms with Crippen LogP contribution in [0.1, 0.15) is 49.2 Å². The maximum absolute atomic E-state index is 11.0. The quantitative estimate of drug-likeness (QED) is 0.888. The second kappa shape index (κ2) is 4.84. The molecule has 18 heavy (non-hydrogen) atoms. The van der Waals surface area contributed by atoms with Gasteiger partial charge in [0.15, 0.2) is 0 Å². The summed E-state index contributed by atoms with van der Waals surface area (Å²) in [5.41, 5.74) is 2.73. The molecule has 0 aliphatic rings. The number of nitrogens with zero attached hydrogens (tertiary/aromatic N) is 1. The van der Waals surface area contributed by atoms with Crippen LogP contribution in [0.5, 0.6) is 0 Å². The van der Waals surface area contributed by atoms with Gasteiger partial charge in [-0.05, 0) is 44.0 Å². The summed E-state index contributed by atoms with van der Waals surface area (Å²) in [6, 6.07) is 5.77. The molecule has 0 atom stereocenters. The van der Waals surface area contributed by atoms with Gasteiger partial charge >= 0.3 is 5.97 Å². The van der Waals surface area contributed by atoms with Gasteiger partial charge in [-0.3, -0.25) is 0 Å². The number of carbonyl (C=O) groups is 1. The van der Waals surface area contributed by atoms with E-state index in [4.69, 9.17) is 5.11 Å². The van der Waals surface area contributed by atoms with Crippen molar-refractivity contribution in [1.82, 2.24) is 4.57 Å². The average Bonchev–Trinajstić information content (AvgIpc) is 2.68. The molecule has 96 valence electrons. The first-order valence-electron chi connectivity index (χ1n) is 6.41. The van der Waals surface area contributed by atoms with E-state index < -0.39 is 5.97 Å². The molecule has 0 aliphatic heterocycles. The Kier molecular flexibility index (Phi) is 3.41. The fourth-order valence-electron chi connectivity index (χ4n) is 2.35. The molecule has 0 aliphatic carbocycles. The fraction of sp³-hybridized carbons (Fsp3) is 0.400. The predicted molar refractivity (Wildman–Crippen MR) is 73.3 cm³/mol. The highest BCUT2D eigenvalue weighted by molar-refractivity contribution is 5.95. The molecule has 3 nitrogen and oxygen atoms in total. The van der Waals surface area contributed by atoms with Crippen LogP contribution in [0.4, 0.5) is 0 Å². The minimum Gasteiger partial charge on any atom is -0.478 e. The molecular weight excluding hydrogens is 226 g/mol. The molecular formula is C15H19NO2. The van der Waals surface area contributed by atoms with E-state index in [1.165, 1.54) is 5.56 Å². The molecule has 1 aromatic carbocycles. The SMILES string of the molecule is CCCc1cn(C(C)C)c2ccc(C(=O)O)cc12. The van der Waals surface area contributed by atoms with Gasteiger partial charge in [0.2, 0.25) is 0 Å². The molecule has 0 unspecified atom stereocenters. The summed E-state index contributed by atoms with van der Waals surface area (Å²) in [4.78, 5) is 11.0. The predicted octanol–water partition coefficient (Wildman–Crippen LogP) is 3.87. The van der Waals surface area contributed by atoms with Gasteiger partial charge in [-0.15, -0.1) is 0 Å². The molecule has 0 amide bonds. The van der Waals surface area contributed by atoms with Gasteiger partial charge in [0.25, 0.3) is 0 Å². The number of aromatic nitrogens is 1. The lowest BCUT2D eigenvalue weighted by Crippen LogP contribution is -1.99. The summed E-state index contributed by atoms with van der Waals surface area (Å²) < 4.78 is 2.21. The molecule has 0 bridgehead atoms. The Labute approximate surface area is 107 Å². The lowest BCUT2D eigenvalue weighted by molar-refractivity contribution is 0.0697. The molecule has 1 heterocycles. The van der Waals surface area contributed by atoms with Crippen molar-refractivity contribution in [1.29, 1.82) is 0 Å². The average molecular weight is 245 g/mol. The van der Waals surface area contributed by atoms with Crippen molar-refractivity contribution in [3.63, 3.8) is 0 Å². The Balaban J connectivity index is 2.67. The normalized spacial score (nSPS) is 11.3. The number of rotatable bonds is 4. The first kappa shape index (κ1) is 12.7. The Bertz CT molecular complexity index is 581. The fourth-order valence-corrected chi connectivity index (χ4v) is 2.35. The maximum atomic E-state index is 11.0. The van der Waals surface area contributed by atoms with Crippen molar-refractivity contribution in [2.45, 2.75) is 39.7 Å². The maximum Gasteiger partial charge on any atom is 0.335 e. The molecule has 0 fully saturated rings. The number of carboxylic acids is 1. The number of hydrogen-bond donors (Lipinski definition) is 1. The first-order valence-corrected chi connectivity index (χ1v) is 6.41. The highest BCUT2D eigenvalue weighted by Crippen LogP contribution is 2.26. The second-order valence-electron chi connectivity index (χ2n) is 4.94. The number of benzene rings is 1. The summed E-state index contributed by atoms with van der Waals surface area (Å²) in [5, 5.41) is 10.1. The smallest absolute Gasteiger partial charge is 0.335 e. The number of carboxylic acid groups (broad SMARTS) is 1. The van der Waals surface area contributed by atoms with Crippen LogP contribution in [-0.4, -0.2) is 15.6 Å². The lowest BCUT2D eigenvalue weighted by atomic mass is 10.1. The van der Waals surface area contributed by atoms with E-state index in [9.17, 15) is 4.79 Å². The minimum absolute atomic E-state index is 0.362. The summed E-state index contributed by atoms with van der Waals surface area (Å²) in [7, 11) is 0. The highest BCUT2D eigenvalue weighted by atomic mass is 16.4. The molecule has 0 radical (unpaired) electrons. The Hall–Kier alpha value is -1.77. The van der Waals surface area contributed by atoms with E-state index in [0.717, 1.165) is 23.7 Å². The molecule has 3 heteroatoms. The van der Waals surface area contributed by atoms with Crippen LogP contribution < -0.4 is 0 Å². The van der Waals surface area contributed by atoms with Crippen molar-refractivity contribution in [2.75, 3.05) is 0 Å². The zero-order valence-electron chi connectivity index (χ0n) is 11.1. The van der Waals surface area contributed by atoms with Crippen molar-refractivity contribution >= 4 is 16.9 Å². The van der Waals surface area contributed by atoms with E-state index in [1.807, 2.05) is 6.07 Å². The van der Waals surface area contributed by atoms with Gasteiger partial charge in [-0.25, -0.2) is 4.79 Å². The highest BCUT2D eigenvalue weighted by Gasteiger charge is 2.12. The van der Waals surface area contributed by atoms with Gasteiger partial charge in [0.1, 0.15) is 0 Å². The number of fused-ring (bicyclic) bond motifs is 1. The van der Waals surface area contributed by atoms with Gasteiger partial charge < -0.3 is 9.67 Å². The van der Waals surface area contributed by atoms with Crippen LogP contribution >= 0.6 is 0 Å². The van der Waals surface area contributed by atoms with Gasteiger partial charge in [0, 0.05) is 23.1 Å². The summed E-state index contributed by atoms with van der Waals surface area (Å²) in [6.07, 6.45) is 4.21. The van der Waals surface area contributed by atoms with Gasteiger partial charge in [-0.1, -0.05) is 13.3 Å². The molecule has 2 aromatic rings. The van der Waals surface area contributed by atoms with E-state index in [0.29, 0.717) is 11.6 Å². The zero-order chi connectivity index (χ0) is 13.3. The van der Waals surface area contributed by atoms with Crippen molar-refractivity contribution < 1.29 is 9.90 Å². The zero-order valence-corrected chi connectivity index (χ0v) is 11.1.